The van der Waals surface area contributed by atoms with Crippen molar-refractivity contribution in [3.05, 3.63) is 107 Å². The van der Waals surface area contributed by atoms with Gasteiger partial charge < -0.3 is 5.32 Å². The predicted octanol–water partition coefficient (Wildman–Crippen LogP) is 4.16. The zero-order valence-corrected chi connectivity index (χ0v) is 14.0. The first kappa shape index (κ1) is 16.7. The van der Waals surface area contributed by atoms with E-state index in [1.165, 1.54) is 5.56 Å². The summed E-state index contributed by atoms with van der Waals surface area (Å²) < 4.78 is 0. The fraction of sp³-hybridized carbons (Fsp3) is 0.0909. The van der Waals surface area contributed by atoms with Crippen LogP contribution < -0.4 is 5.32 Å². The van der Waals surface area contributed by atoms with Gasteiger partial charge in [-0.3, -0.25) is 9.59 Å². The highest BCUT2D eigenvalue weighted by Gasteiger charge is 2.10. The zero-order chi connectivity index (χ0) is 17.6. The number of hydrogen-bond acceptors (Lipinski definition) is 2. The van der Waals surface area contributed by atoms with E-state index >= 15 is 0 Å². The molecule has 0 fully saturated rings. The largest absolute Gasteiger partial charge is 0.348 e. The van der Waals surface area contributed by atoms with Gasteiger partial charge in [0.2, 0.25) is 0 Å². The molecule has 0 saturated carbocycles. The molecule has 0 heterocycles. The lowest BCUT2D eigenvalue weighted by atomic mass is 10.0. The lowest BCUT2D eigenvalue weighted by molar-refractivity contribution is 0.0949. The van der Waals surface area contributed by atoms with E-state index in [9.17, 15) is 9.59 Å². The fourth-order valence-electron chi connectivity index (χ4n) is 2.52. The summed E-state index contributed by atoms with van der Waals surface area (Å²) in [5.41, 5.74) is 3.99. The zero-order valence-electron chi connectivity index (χ0n) is 14.0. The predicted molar refractivity (Wildman–Crippen MR) is 98.7 cm³/mol. The molecule has 0 atom stereocenters. The van der Waals surface area contributed by atoms with Gasteiger partial charge in [-0.1, -0.05) is 72.3 Å². The average Bonchev–Trinajstić information content (AvgIpc) is 2.67. The molecule has 0 spiro atoms. The first-order chi connectivity index (χ1) is 12.1. The topological polar surface area (TPSA) is 46.2 Å². The van der Waals surface area contributed by atoms with E-state index in [1.54, 1.807) is 36.4 Å². The Balaban J connectivity index is 1.64. The quantitative estimate of drug-likeness (QED) is 0.715. The molecule has 0 aliphatic heterocycles. The number of amides is 1. The molecule has 3 aromatic carbocycles. The van der Waals surface area contributed by atoms with Crippen molar-refractivity contribution in [2.24, 2.45) is 0 Å². The SMILES string of the molecule is Cc1ccc(CNC(=O)c2ccc(C(=O)c3ccccc3)cc2)cc1. The standard InChI is InChI=1S/C22H19NO2/c1-16-7-9-17(10-8-16)15-23-22(25)20-13-11-19(12-14-20)21(24)18-5-3-2-4-6-18/h2-14H,15H2,1H3,(H,23,25). The summed E-state index contributed by atoms with van der Waals surface area (Å²) >= 11 is 0. The molecule has 1 N–H and O–H groups in total. The molecule has 3 heteroatoms. The van der Waals surface area contributed by atoms with Crippen molar-refractivity contribution >= 4 is 11.7 Å². The van der Waals surface area contributed by atoms with E-state index in [4.69, 9.17) is 0 Å². The smallest absolute Gasteiger partial charge is 0.251 e. The molecule has 0 aliphatic carbocycles. The molecule has 0 radical (unpaired) electrons. The maximum Gasteiger partial charge on any atom is 0.251 e. The summed E-state index contributed by atoms with van der Waals surface area (Å²) in [6.45, 7) is 2.50. The number of nitrogens with one attached hydrogen (secondary N) is 1. The van der Waals surface area contributed by atoms with E-state index in [-0.39, 0.29) is 11.7 Å². The van der Waals surface area contributed by atoms with Crippen molar-refractivity contribution < 1.29 is 9.59 Å². The van der Waals surface area contributed by atoms with Crippen LogP contribution >= 0.6 is 0 Å². The fourth-order valence-corrected chi connectivity index (χ4v) is 2.52. The van der Waals surface area contributed by atoms with Crippen molar-refractivity contribution in [2.75, 3.05) is 0 Å². The normalized spacial score (nSPS) is 10.3. The van der Waals surface area contributed by atoms with Crippen molar-refractivity contribution in [1.29, 1.82) is 0 Å². The third-order valence-corrected chi connectivity index (χ3v) is 4.02. The molecule has 25 heavy (non-hydrogen) atoms. The van der Waals surface area contributed by atoms with Gasteiger partial charge in [-0.2, -0.15) is 0 Å². The Morgan fingerprint density at radius 1 is 0.720 bits per heavy atom. The van der Waals surface area contributed by atoms with Crippen LogP contribution in [0.3, 0.4) is 0 Å². The molecular formula is C22H19NO2. The van der Waals surface area contributed by atoms with Gasteiger partial charge in [-0.25, -0.2) is 0 Å². The molecular weight excluding hydrogens is 310 g/mol. The lowest BCUT2D eigenvalue weighted by Gasteiger charge is -2.07. The molecule has 3 aromatic rings. The Hall–Kier alpha value is -3.20. The van der Waals surface area contributed by atoms with Gasteiger partial charge in [0.15, 0.2) is 5.78 Å². The molecule has 0 aromatic heterocycles. The Kier molecular flexibility index (Phi) is 5.05. The molecule has 1 amide bonds. The van der Waals surface area contributed by atoms with Gasteiger partial charge in [0, 0.05) is 23.2 Å². The van der Waals surface area contributed by atoms with Crippen LogP contribution in [0.4, 0.5) is 0 Å². The number of aryl methyl sites for hydroxylation is 1. The molecule has 3 rings (SSSR count). The Bertz CT molecular complexity index is 866. The van der Waals surface area contributed by atoms with Crippen LogP contribution in [0.25, 0.3) is 0 Å². The summed E-state index contributed by atoms with van der Waals surface area (Å²) in [7, 11) is 0. The second-order valence-electron chi connectivity index (χ2n) is 5.94. The molecule has 124 valence electrons. The minimum atomic E-state index is -0.153. The van der Waals surface area contributed by atoms with Crippen molar-refractivity contribution in [1.82, 2.24) is 5.32 Å². The van der Waals surface area contributed by atoms with Gasteiger partial charge in [0.25, 0.3) is 5.91 Å². The second-order valence-corrected chi connectivity index (χ2v) is 5.94. The summed E-state index contributed by atoms with van der Waals surface area (Å²) in [4.78, 5) is 24.6. The van der Waals surface area contributed by atoms with Gasteiger partial charge >= 0.3 is 0 Å². The molecule has 0 unspecified atom stereocenters. The van der Waals surface area contributed by atoms with E-state index in [2.05, 4.69) is 5.32 Å². The van der Waals surface area contributed by atoms with Gasteiger partial charge in [-0.05, 0) is 24.6 Å². The first-order valence-electron chi connectivity index (χ1n) is 8.17. The number of benzene rings is 3. The third kappa shape index (κ3) is 4.21. The highest BCUT2D eigenvalue weighted by Crippen LogP contribution is 2.11. The van der Waals surface area contributed by atoms with Crippen molar-refractivity contribution in [2.45, 2.75) is 13.5 Å². The highest BCUT2D eigenvalue weighted by molar-refractivity contribution is 6.09. The lowest BCUT2D eigenvalue weighted by Crippen LogP contribution is -2.22. The van der Waals surface area contributed by atoms with Gasteiger partial charge in [0.1, 0.15) is 0 Å². The van der Waals surface area contributed by atoms with E-state index in [0.29, 0.717) is 23.2 Å². The van der Waals surface area contributed by atoms with E-state index in [1.807, 2.05) is 49.4 Å². The van der Waals surface area contributed by atoms with Crippen LogP contribution in [-0.2, 0) is 6.54 Å². The van der Waals surface area contributed by atoms with Crippen LogP contribution in [0.5, 0.6) is 0 Å². The number of carbonyl (C=O) groups is 2. The Labute approximate surface area is 147 Å². The van der Waals surface area contributed by atoms with Gasteiger partial charge in [0.05, 0.1) is 0 Å². The monoisotopic (exact) mass is 329 g/mol. The summed E-state index contributed by atoms with van der Waals surface area (Å²) in [6, 6.07) is 23.9. The minimum absolute atomic E-state index is 0.0489. The van der Waals surface area contributed by atoms with Crippen LogP contribution in [0.1, 0.15) is 37.4 Å². The van der Waals surface area contributed by atoms with E-state index in [0.717, 1.165) is 5.56 Å². The highest BCUT2D eigenvalue weighted by atomic mass is 16.1. The Morgan fingerprint density at radius 3 is 1.92 bits per heavy atom. The first-order valence-corrected chi connectivity index (χ1v) is 8.17. The number of ketones is 1. The second kappa shape index (κ2) is 7.58. The Morgan fingerprint density at radius 2 is 1.28 bits per heavy atom. The van der Waals surface area contributed by atoms with Crippen molar-refractivity contribution in [3.8, 4) is 0 Å². The number of carbonyl (C=O) groups excluding carboxylic acids is 2. The molecule has 0 aliphatic rings. The summed E-state index contributed by atoms with van der Waals surface area (Å²) in [5.74, 6) is -0.202. The minimum Gasteiger partial charge on any atom is -0.348 e. The average molecular weight is 329 g/mol. The van der Waals surface area contributed by atoms with Gasteiger partial charge in [-0.15, -0.1) is 0 Å². The van der Waals surface area contributed by atoms with Crippen LogP contribution in [0.15, 0.2) is 78.9 Å². The van der Waals surface area contributed by atoms with Crippen LogP contribution in [-0.4, -0.2) is 11.7 Å². The van der Waals surface area contributed by atoms with Crippen molar-refractivity contribution in [3.63, 3.8) is 0 Å². The van der Waals surface area contributed by atoms with E-state index < -0.39 is 0 Å². The molecule has 0 bridgehead atoms. The maximum absolute atomic E-state index is 12.4. The van der Waals surface area contributed by atoms with Crippen LogP contribution in [0, 0.1) is 6.92 Å². The number of hydrogen-bond donors (Lipinski definition) is 1. The number of rotatable bonds is 5. The third-order valence-electron chi connectivity index (χ3n) is 4.02. The molecule has 3 nitrogen and oxygen atoms in total. The van der Waals surface area contributed by atoms with Crippen LogP contribution in [0.2, 0.25) is 0 Å². The summed E-state index contributed by atoms with van der Waals surface area (Å²) in [5, 5.41) is 2.89. The maximum atomic E-state index is 12.4. The summed E-state index contributed by atoms with van der Waals surface area (Å²) in [6.07, 6.45) is 0. The molecule has 0 saturated heterocycles.